The summed E-state index contributed by atoms with van der Waals surface area (Å²) < 4.78 is 14.4. The molecule has 5 nitrogen and oxygen atoms in total. The lowest BCUT2D eigenvalue weighted by molar-refractivity contribution is -0.132. The van der Waals surface area contributed by atoms with E-state index in [-0.39, 0.29) is 29.9 Å². The highest BCUT2D eigenvalue weighted by molar-refractivity contribution is 5.89. The third-order valence-electron chi connectivity index (χ3n) is 7.08. The summed E-state index contributed by atoms with van der Waals surface area (Å²) in [4.78, 5) is 28.8. The van der Waals surface area contributed by atoms with Gasteiger partial charge in [-0.1, -0.05) is 60.7 Å². The van der Waals surface area contributed by atoms with Gasteiger partial charge in [-0.25, -0.2) is 9.18 Å². The molecule has 180 valence electrons. The predicted molar refractivity (Wildman–Crippen MR) is 132 cm³/mol. The van der Waals surface area contributed by atoms with Gasteiger partial charge in [0.2, 0.25) is 5.91 Å². The minimum Gasteiger partial charge on any atom is -0.478 e. The van der Waals surface area contributed by atoms with Crippen molar-refractivity contribution in [3.05, 3.63) is 106 Å². The second kappa shape index (κ2) is 10.0. The van der Waals surface area contributed by atoms with Crippen LogP contribution in [0.25, 0.3) is 0 Å². The molecule has 1 saturated heterocycles. The maximum Gasteiger partial charge on any atom is 0.338 e. The lowest BCUT2D eigenvalue weighted by atomic mass is 9.95. The van der Waals surface area contributed by atoms with Gasteiger partial charge in [-0.2, -0.15) is 0 Å². The summed E-state index contributed by atoms with van der Waals surface area (Å²) in [6.07, 6.45) is 2.00. The highest BCUT2D eigenvalue weighted by Crippen LogP contribution is 2.42. The first-order valence-electron chi connectivity index (χ1n) is 12.2. The van der Waals surface area contributed by atoms with Crippen molar-refractivity contribution in [3.63, 3.8) is 0 Å². The van der Waals surface area contributed by atoms with Crippen LogP contribution in [0, 0.1) is 5.82 Å². The number of carboxylic acid groups (broad SMARTS) is 1. The fraction of sp³-hybridized carbons (Fsp3) is 0.310. The molecule has 0 atom stereocenters. The van der Waals surface area contributed by atoms with Crippen molar-refractivity contribution in [1.29, 1.82) is 0 Å². The van der Waals surface area contributed by atoms with E-state index in [1.54, 1.807) is 0 Å². The summed E-state index contributed by atoms with van der Waals surface area (Å²) in [6.45, 7) is 2.68. The molecule has 2 fully saturated rings. The van der Waals surface area contributed by atoms with Crippen molar-refractivity contribution in [2.24, 2.45) is 0 Å². The Kier molecular flexibility index (Phi) is 6.64. The van der Waals surface area contributed by atoms with Gasteiger partial charge in [-0.05, 0) is 53.1 Å². The molecule has 0 bridgehead atoms. The Morgan fingerprint density at radius 3 is 1.97 bits per heavy atom. The van der Waals surface area contributed by atoms with Crippen LogP contribution in [0.1, 0.15) is 57.4 Å². The molecule has 1 N–H and O–H groups in total. The van der Waals surface area contributed by atoms with Gasteiger partial charge >= 0.3 is 5.97 Å². The number of carbonyl (C=O) groups is 2. The molecular formula is C29H29FN2O3. The SMILES string of the molecule is O=C(O)c1cc(C2CC2)c(CC(=O)N2CCN(C(c3ccccc3)c3ccccc3)CC2)cc1F. The first-order chi connectivity index (χ1) is 17.0. The van der Waals surface area contributed by atoms with Gasteiger partial charge < -0.3 is 10.0 Å². The zero-order valence-corrected chi connectivity index (χ0v) is 19.6. The van der Waals surface area contributed by atoms with Gasteiger partial charge in [0.05, 0.1) is 18.0 Å². The van der Waals surface area contributed by atoms with Crippen LogP contribution in [0.15, 0.2) is 72.8 Å². The molecule has 6 heteroatoms. The maximum absolute atomic E-state index is 14.4. The standard InChI is InChI=1S/C29H29FN2O3/c30-26-17-23(24(20-11-12-20)19-25(26)29(34)35)18-27(33)31-13-15-32(16-14-31)28(21-7-3-1-4-8-21)22-9-5-2-6-10-22/h1-10,17,19-20,28H,11-16,18H2,(H,34,35). The van der Waals surface area contributed by atoms with E-state index in [0.717, 1.165) is 31.5 Å². The van der Waals surface area contributed by atoms with E-state index in [1.807, 2.05) is 17.0 Å². The second-order valence-electron chi connectivity index (χ2n) is 9.43. The van der Waals surface area contributed by atoms with Crippen LogP contribution < -0.4 is 0 Å². The number of carbonyl (C=O) groups excluding carboxylic acids is 1. The Morgan fingerprint density at radius 2 is 1.46 bits per heavy atom. The average molecular weight is 473 g/mol. The lowest BCUT2D eigenvalue weighted by Crippen LogP contribution is -2.50. The Bertz CT molecular complexity index is 1160. The van der Waals surface area contributed by atoms with Crippen molar-refractivity contribution in [1.82, 2.24) is 9.80 Å². The number of hydrogen-bond donors (Lipinski definition) is 1. The molecule has 0 spiro atoms. The van der Waals surface area contributed by atoms with Crippen molar-refractivity contribution < 1.29 is 19.1 Å². The van der Waals surface area contributed by atoms with Crippen molar-refractivity contribution in [2.75, 3.05) is 26.2 Å². The van der Waals surface area contributed by atoms with E-state index in [0.29, 0.717) is 18.7 Å². The molecule has 1 heterocycles. The molecule has 1 amide bonds. The Labute approximate surface area is 204 Å². The average Bonchev–Trinajstić information content (AvgIpc) is 3.71. The minimum atomic E-state index is -1.27. The van der Waals surface area contributed by atoms with Crippen LogP contribution in [0.3, 0.4) is 0 Å². The molecule has 0 aromatic heterocycles. The van der Waals surface area contributed by atoms with E-state index in [4.69, 9.17) is 0 Å². The molecule has 0 radical (unpaired) electrons. The minimum absolute atomic E-state index is 0.0370. The van der Waals surface area contributed by atoms with Crippen LogP contribution in [-0.2, 0) is 11.2 Å². The number of hydrogen-bond acceptors (Lipinski definition) is 3. The summed E-state index contributed by atoms with van der Waals surface area (Å²) >= 11 is 0. The molecular weight excluding hydrogens is 443 g/mol. The number of amides is 1. The van der Waals surface area contributed by atoms with Gasteiger partial charge in [0.1, 0.15) is 5.82 Å². The number of halogens is 1. The monoisotopic (exact) mass is 472 g/mol. The lowest BCUT2D eigenvalue weighted by Gasteiger charge is -2.40. The van der Waals surface area contributed by atoms with E-state index >= 15 is 0 Å². The zero-order valence-electron chi connectivity index (χ0n) is 19.6. The number of rotatable bonds is 7. The van der Waals surface area contributed by atoms with Crippen LogP contribution in [0.5, 0.6) is 0 Å². The van der Waals surface area contributed by atoms with E-state index in [9.17, 15) is 19.1 Å². The Balaban J connectivity index is 1.29. The van der Waals surface area contributed by atoms with Crippen LogP contribution in [0.4, 0.5) is 4.39 Å². The normalized spacial score (nSPS) is 16.5. The first-order valence-corrected chi connectivity index (χ1v) is 12.2. The number of aromatic carboxylic acids is 1. The molecule has 1 saturated carbocycles. The van der Waals surface area contributed by atoms with Gasteiger partial charge in [-0.15, -0.1) is 0 Å². The second-order valence-corrected chi connectivity index (χ2v) is 9.43. The maximum atomic E-state index is 14.4. The molecule has 5 rings (SSSR count). The number of nitrogens with zero attached hydrogens (tertiary/aromatic N) is 2. The topological polar surface area (TPSA) is 60.9 Å². The fourth-order valence-electron chi connectivity index (χ4n) is 5.11. The van der Waals surface area contributed by atoms with E-state index in [1.165, 1.54) is 23.3 Å². The highest BCUT2D eigenvalue weighted by Gasteiger charge is 2.31. The summed E-state index contributed by atoms with van der Waals surface area (Å²) in [5.41, 5.74) is 3.56. The summed E-state index contributed by atoms with van der Waals surface area (Å²) in [6, 6.07) is 23.6. The van der Waals surface area contributed by atoms with Gasteiger partial charge in [0, 0.05) is 26.2 Å². The molecule has 3 aromatic rings. The van der Waals surface area contributed by atoms with Gasteiger partial charge in [0.15, 0.2) is 0 Å². The largest absolute Gasteiger partial charge is 0.478 e. The van der Waals surface area contributed by atoms with Crippen molar-refractivity contribution in [2.45, 2.75) is 31.2 Å². The molecule has 2 aliphatic rings. The number of carboxylic acids is 1. The van der Waals surface area contributed by atoms with Gasteiger partial charge in [0.25, 0.3) is 0 Å². The molecule has 0 unspecified atom stereocenters. The van der Waals surface area contributed by atoms with E-state index < -0.39 is 11.8 Å². The number of benzene rings is 3. The van der Waals surface area contributed by atoms with Crippen LogP contribution >= 0.6 is 0 Å². The molecule has 1 aliphatic carbocycles. The third kappa shape index (κ3) is 5.13. The van der Waals surface area contributed by atoms with Crippen molar-refractivity contribution in [3.8, 4) is 0 Å². The summed E-state index contributed by atoms with van der Waals surface area (Å²) in [5, 5.41) is 9.28. The highest BCUT2D eigenvalue weighted by atomic mass is 19.1. The third-order valence-corrected chi connectivity index (χ3v) is 7.08. The fourth-order valence-corrected chi connectivity index (χ4v) is 5.11. The molecule has 35 heavy (non-hydrogen) atoms. The smallest absolute Gasteiger partial charge is 0.338 e. The molecule has 3 aromatic carbocycles. The zero-order chi connectivity index (χ0) is 24.4. The van der Waals surface area contributed by atoms with Crippen molar-refractivity contribution >= 4 is 11.9 Å². The summed E-state index contributed by atoms with van der Waals surface area (Å²) in [7, 11) is 0. The van der Waals surface area contributed by atoms with Crippen LogP contribution in [-0.4, -0.2) is 53.0 Å². The number of piperazine rings is 1. The Morgan fingerprint density at radius 1 is 0.886 bits per heavy atom. The van der Waals surface area contributed by atoms with Gasteiger partial charge in [-0.3, -0.25) is 9.69 Å². The molecule has 1 aliphatic heterocycles. The quantitative estimate of drug-likeness (QED) is 0.533. The predicted octanol–water partition coefficient (Wildman–Crippen LogP) is 4.88. The van der Waals surface area contributed by atoms with E-state index in [2.05, 4.69) is 53.4 Å². The first kappa shape index (κ1) is 23.2. The van der Waals surface area contributed by atoms with Crippen LogP contribution in [0.2, 0.25) is 0 Å². The summed E-state index contributed by atoms with van der Waals surface area (Å²) in [5.74, 6) is -1.86. The Hall–Kier alpha value is -3.51.